The lowest BCUT2D eigenvalue weighted by molar-refractivity contribution is -0.150. The minimum Gasteiger partial charge on any atom is -0.465 e. The SMILES string of the molecule is CCCOC(=O)C1CCC(OC(=O)c2cc(I)cc(I)c2I)CC1. The minimum atomic E-state index is -0.271. The molecule has 0 unspecified atom stereocenters. The summed E-state index contributed by atoms with van der Waals surface area (Å²) in [7, 11) is 0. The summed E-state index contributed by atoms with van der Waals surface area (Å²) < 4.78 is 13.9. The Morgan fingerprint density at radius 2 is 1.79 bits per heavy atom. The zero-order valence-corrected chi connectivity index (χ0v) is 19.8. The van der Waals surface area contributed by atoms with Crippen molar-refractivity contribution >= 4 is 79.7 Å². The van der Waals surface area contributed by atoms with Crippen molar-refractivity contribution in [3.63, 3.8) is 0 Å². The predicted molar refractivity (Wildman–Crippen MR) is 117 cm³/mol. The monoisotopic (exact) mass is 668 g/mol. The number of benzene rings is 1. The lowest BCUT2D eigenvalue weighted by Crippen LogP contribution is -2.29. The van der Waals surface area contributed by atoms with Crippen LogP contribution in [0.2, 0.25) is 0 Å². The number of esters is 2. The number of ether oxygens (including phenoxy) is 2. The van der Waals surface area contributed by atoms with Gasteiger partial charge in [-0.25, -0.2) is 4.79 Å². The molecule has 0 aliphatic heterocycles. The molecule has 0 amide bonds. The standard InChI is InChI=1S/C17H19I3O4/c1-2-7-23-16(21)10-3-5-12(6-4-10)24-17(22)13-8-11(18)9-14(19)15(13)20/h8-10,12H,2-7H2,1H3. The molecular formula is C17H19I3O4. The molecule has 1 fully saturated rings. The molecule has 0 bridgehead atoms. The summed E-state index contributed by atoms with van der Waals surface area (Å²) >= 11 is 6.62. The molecule has 1 aromatic carbocycles. The number of rotatable bonds is 5. The highest BCUT2D eigenvalue weighted by atomic mass is 127. The molecule has 0 radical (unpaired) electrons. The van der Waals surface area contributed by atoms with E-state index in [1.54, 1.807) is 0 Å². The topological polar surface area (TPSA) is 52.6 Å². The van der Waals surface area contributed by atoms with Crippen LogP contribution < -0.4 is 0 Å². The largest absolute Gasteiger partial charge is 0.465 e. The molecule has 1 aliphatic carbocycles. The van der Waals surface area contributed by atoms with Crippen LogP contribution in [0.1, 0.15) is 49.4 Å². The van der Waals surface area contributed by atoms with E-state index in [9.17, 15) is 9.59 Å². The molecule has 0 saturated heterocycles. The number of halogens is 3. The fourth-order valence-electron chi connectivity index (χ4n) is 2.66. The second-order valence-electron chi connectivity index (χ2n) is 5.80. The van der Waals surface area contributed by atoms with Crippen molar-refractivity contribution < 1.29 is 19.1 Å². The molecule has 1 aliphatic rings. The second kappa shape index (κ2) is 9.89. The van der Waals surface area contributed by atoms with Gasteiger partial charge in [0.2, 0.25) is 0 Å². The maximum absolute atomic E-state index is 12.5. The van der Waals surface area contributed by atoms with Gasteiger partial charge in [-0.1, -0.05) is 6.92 Å². The molecule has 0 atom stereocenters. The Bertz CT molecular complexity index is 610. The van der Waals surface area contributed by atoms with Crippen LogP contribution in [-0.4, -0.2) is 24.6 Å². The summed E-state index contributed by atoms with van der Waals surface area (Å²) in [6.07, 6.45) is 3.61. The Morgan fingerprint density at radius 1 is 1.12 bits per heavy atom. The highest BCUT2D eigenvalue weighted by Crippen LogP contribution is 2.29. The van der Waals surface area contributed by atoms with E-state index in [4.69, 9.17) is 9.47 Å². The number of carbonyl (C=O) groups is 2. The molecule has 1 saturated carbocycles. The van der Waals surface area contributed by atoms with Gasteiger partial charge in [0, 0.05) is 10.7 Å². The zero-order chi connectivity index (χ0) is 17.7. The van der Waals surface area contributed by atoms with Crippen molar-refractivity contribution in [1.82, 2.24) is 0 Å². The molecule has 1 aromatic rings. The Kier molecular flexibility index (Phi) is 8.51. The second-order valence-corrected chi connectivity index (χ2v) is 9.28. The van der Waals surface area contributed by atoms with E-state index in [0.717, 1.165) is 42.8 Å². The van der Waals surface area contributed by atoms with Crippen LogP contribution >= 0.6 is 67.8 Å². The van der Waals surface area contributed by atoms with Crippen LogP contribution in [0.3, 0.4) is 0 Å². The van der Waals surface area contributed by atoms with Gasteiger partial charge in [-0.15, -0.1) is 0 Å². The predicted octanol–water partition coefficient (Wildman–Crippen LogP) is 5.17. The van der Waals surface area contributed by atoms with E-state index >= 15 is 0 Å². The van der Waals surface area contributed by atoms with Crippen molar-refractivity contribution in [2.24, 2.45) is 5.92 Å². The van der Waals surface area contributed by atoms with Gasteiger partial charge in [0.1, 0.15) is 6.10 Å². The van der Waals surface area contributed by atoms with Crippen LogP contribution in [0, 0.1) is 16.6 Å². The third-order valence-electron chi connectivity index (χ3n) is 3.94. The van der Waals surface area contributed by atoms with E-state index in [2.05, 4.69) is 67.8 Å². The molecule has 0 N–H and O–H groups in total. The Balaban J connectivity index is 1.90. The van der Waals surface area contributed by atoms with Crippen molar-refractivity contribution in [1.29, 1.82) is 0 Å². The van der Waals surface area contributed by atoms with Crippen LogP contribution in [-0.2, 0) is 14.3 Å². The third-order valence-corrected chi connectivity index (χ3v) is 7.61. The Hall–Kier alpha value is 0.350. The fourth-order valence-corrected chi connectivity index (χ4v) is 5.03. The Labute approximate surface area is 183 Å². The van der Waals surface area contributed by atoms with Gasteiger partial charge in [0.25, 0.3) is 0 Å². The van der Waals surface area contributed by atoms with E-state index in [1.165, 1.54) is 0 Å². The number of hydrogen-bond acceptors (Lipinski definition) is 4. The van der Waals surface area contributed by atoms with Gasteiger partial charge in [-0.2, -0.15) is 0 Å². The maximum atomic E-state index is 12.5. The van der Waals surface area contributed by atoms with E-state index in [-0.39, 0.29) is 24.0 Å². The molecule has 2 rings (SSSR count). The maximum Gasteiger partial charge on any atom is 0.339 e. The average molecular weight is 668 g/mol. The van der Waals surface area contributed by atoms with Crippen molar-refractivity contribution in [3.8, 4) is 0 Å². The van der Waals surface area contributed by atoms with Crippen LogP contribution in [0.4, 0.5) is 0 Å². The van der Waals surface area contributed by atoms with E-state index in [1.807, 2.05) is 19.1 Å². The van der Waals surface area contributed by atoms with Gasteiger partial charge < -0.3 is 9.47 Å². The first-order valence-electron chi connectivity index (χ1n) is 7.94. The molecule has 7 heteroatoms. The van der Waals surface area contributed by atoms with Crippen LogP contribution in [0.15, 0.2) is 12.1 Å². The summed E-state index contributed by atoms with van der Waals surface area (Å²) in [6.45, 7) is 2.47. The molecule has 0 aromatic heterocycles. The highest BCUT2D eigenvalue weighted by molar-refractivity contribution is 14.1. The molecule has 0 heterocycles. The lowest BCUT2D eigenvalue weighted by Gasteiger charge is -2.27. The zero-order valence-electron chi connectivity index (χ0n) is 13.3. The first-order valence-corrected chi connectivity index (χ1v) is 11.2. The summed E-state index contributed by atoms with van der Waals surface area (Å²) in [5.74, 6) is -0.429. The van der Waals surface area contributed by atoms with Gasteiger partial charge in [0.15, 0.2) is 0 Å². The van der Waals surface area contributed by atoms with Crippen molar-refractivity contribution in [2.75, 3.05) is 6.61 Å². The quantitative estimate of drug-likeness (QED) is 0.247. The van der Waals surface area contributed by atoms with Crippen LogP contribution in [0.5, 0.6) is 0 Å². The number of hydrogen-bond donors (Lipinski definition) is 0. The molecule has 0 spiro atoms. The third kappa shape index (κ3) is 5.68. The highest BCUT2D eigenvalue weighted by Gasteiger charge is 2.29. The van der Waals surface area contributed by atoms with Crippen molar-refractivity contribution in [3.05, 3.63) is 28.4 Å². The first kappa shape index (κ1) is 20.7. The van der Waals surface area contributed by atoms with Crippen molar-refractivity contribution in [2.45, 2.75) is 45.1 Å². The first-order chi connectivity index (χ1) is 11.4. The lowest BCUT2D eigenvalue weighted by atomic mass is 9.87. The fraction of sp³-hybridized carbons (Fsp3) is 0.529. The van der Waals surface area contributed by atoms with Gasteiger partial charge in [-0.05, 0) is 112 Å². The number of carbonyl (C=O) groups excluding carboxylic acids is 2. The van der Waals surface area contributed by atoms with E-state index < -0.39 is 0 Å². The molecule has 132 valence electrons. The van der Waals surface area contributed by atoms with E-state index in [0.29, 0.717) is 12.2 Å². The summed E-state index contributed by atoms with van der Waals surface area (Å²) in [5, 5.41) is 0. The van der Waals surface area contributed by atoms with Gasteiger partial charge >= 0.3 is 11.9 Å². The minimum absolute atomic E-state index is 0.0507. The molecular weight excluding hydrogens is 649 g/mol. The summed E-state index contributed by atoms with van der Waals surface area (Å²) in [5.41, 5.74) is 0.622. The van der Waals surface area contributed by atoms with Gasteiger partial charge in [0.05, 0.1) is 18.1 Å². The molecule has 4 nitrogen and oxygen atoms in total. The molecule has 24 heavy (non-hydrogen) atoms. The summed E-state index contributed by atoms with van der Waals surface area (Å²) in [4.78, 5) is 24.4. The Morgan fingerprint density at radius 3 is 2.42 bits per heavy atom. The average Bonchev–Trinajstić information content (AvgIpc) is 2.56. The van der Waals surface area contributed by atoms with Crippen LogP contribution in [0.25, 0.3) is 0 Å². The summed E-state index contributed by atoms with van der Waals surface area (Å²) in [6, 6.07) is 3.90. The normalized spacial score (nSPS) is 20.5. The smallest absolute Gasteiger partial charge is 0.339 e. The van der Waals surface area contributed by atoms with Gasteiger partial charge in [-0.3, -0.25) is 4.79 Å².